The highest BCUT2D eigenvalue weighted by Crippen LogP contribution is 2.29. The summed E-state index contributed by atoms with van der Waals surface area (Å²) in [6.45, 7) is 3.54. The molecule has 0 amide bonds. The minimum absolute atomic E-state index is 0. The summed E-state index contributed by atoms with van der Waals surface area (Å²) in [5.41, 5.74) is 0.606. The van der Waals surface area contributed by atoms with Gasteiger partial charge in [0.05, 0.1) is 11.4 Å². The number of aromatic nitrogens is 4. The maximum absolute atomic E-state index is 12.6. The van der Waals surface area contributed by atoms with Gasteiger partial charge in [0.1, 0.15) is 5.69 Å². The van der Waals surface area contributed by atoms with Gasteiger partial charge in [0.2, 0.25) is 0 Å². The van der Waals surface area contributed by atoms with Gasteiger partial charge in [-0.05, 0) is 19.1 Å². The fourth-order valence-corrected chi connectivity index (χ4v) is 1.99. The van der Waals surface area contributed by atoms with Crippen LogP contribution in [0.4, 0.5) is 13.2 Å². The minimum atomic E-state index is -4.37. The predicted octanol–water partition coefficient (Wildman–Crippen LogP) is 2.37. The lowest BCUT2D eigenvalue weighted by atomic mass is 10.3. The highest BCUT2D eigenvalue weighted by Gasteiger charge is 2.34. The zero-order valence-electron chi connectivity index (χ0n) is 11.7. The Hall–Kier alpha value is -1.54. The molecule has 2 rings (SSSR count). The second kappa shape index (κ2) is 6.95. The molecule has 2 heterocycles. The van der Waals surface area contributed by atoms with Gasteiger partial charge in [-0.15, -0.1) is 12.4 Å². The van der Waals surface area contributed by atoms with E-state index in [-0.39, 0.29) is 19.0 Å². The normalized spacial score (nSPS) is 11.5. The molecule has 118 valence electrons. The first-order valence-corrected chi connectivity index (χ1v) is 6.23. The van der Waals surface area contributed by atoms with E-state index in [4.69, 9.17) is 0 Å². The van der Waals surface area contributed by atoms with E-state index in [1.54, 1.807) is 6.20 Å². The van der Waals surface area contributed by atoms with Crippen LogP contribution in [0.3, 0.4) is 0 Å². The molecule has 0 atom stereocenters. The molecule has 0 bridgehead atoms. The van der Waals surface area contributed by atoms with Crippen LogP contribution in [0.5, 0.6) is 0 Å². The summed E-state index contributed by atoms with van der Waals surface area (Å²) < 4.78 is 40.5. The smallest absolute Gasteiger partial charge is 0.305 e. The van der Waals surface area contributed by atoms with Crippen LogP contribution in [0.1, 0.15) is 24.0 Å². The third kappa shape index (κ3) is 4.21. The average molecular weight is 324 g/mol. The number of hydrogen-bond donors (Lipinski definition) is 1. The first-order valence-electron chi connectivity index (χ1n) is 6.23. The SMILES string of the molecule is CCn1nccc1CNCc1cc(C(F)(F)F)n(C)n1.Cl. The lowest BCUT2D eigenvalue weighted by Crippen LogP contribution is -2.16. The number of nitrogens with one attached hydrogen (secondary N) is 1. The Morgan fingerprint density at radius 1 is 1.29 bits per heavy atom. The molecule has 1 N–H and O–H groups in total. The second-order valence-corrected chi connectivity index (χ2v) is 4.38. The van der Waals surface area contributed by atoms with E-state index >= 15 is 0 Å². The van der Waals surface area contributed by atoms with Gasteiger partial charge in [0.25, 0.3) is 0 Å². The third-order valence-electron chi connectivity index (χ3n) is 2.94. The van der Waals surface area contributed by atoms with Crippen molar-refractivity contribution in [2.24, 2.45) is 7.05 Å². The highest BCUT2D eigenvalue weighted by atomic mass is 35.5. The van der Waals surface area contributed by atoms with Crippen molar-refractivity contribution in [1.82, 2.24) is 24.9 Å². The van der Waals surface area contributed by atoms with Crippen molar-refractivity contribution in [3.63, 3.8) is 0 Å². The quantitative estimate of drug-likeness (QED) is 0.919. The standard InChI is InChI=1S/C12H16F3N5.ClH/c1-3-20-10(4-5-17-20)8-16-7-9-6-11(12(13,14)15)19(2)18-9;/h4-6,16H,3,7-8H2,1-2H3;1H. The van der Waals surface area contributed by atoms with E-state index in [9.17, 15) is 13.2 Å². The lowest BCUT2D eigenvalue weighted by Gasteiger charge is -2.05. The Kier molecular flexibility index (Phi) is 5.79. The monoisotopic (exact) mass is 323 g/mol. The van der Waals surface area contributed by atoms with E-state index in [1.165, 1.54) is 7.05 Å². The lowest BCUT2D eigenvalue weighted by molar-refractivity contribution is -0.143. The topological polar surface area (TPSA) is 47.7 Å². The van der Waals surface area contributed by atoms with Gasteiger partial charge in [0, 0.05) is 32.9 Å². The van der Waals surface area contributed by atoms with Gasteiger partial charge in [0.15, 0.2) is 0 Å². The van der Waals surface area contributed by atoms with Crippen molar-refractivity contribution < 1.29 is 13.2 Å². The molecule has 0 aliphatic rings. The molecule has 0 aromatic carbocycles. The van der Waals surface area contributed by atoms with Crippen molar-refractivity contribution in [2.45, 2.75) is 32.7 Å². The Morgan fingerprint density at radius 3 is 2.57 bits per heavy atom. The molecule has 0 unspecified atom stereocenters. The number of aryl methyl sites for hydroxylation is 2. The molecule has 0 saturated carbocycles. The number of alkyl halides is 3. The molecule has 21 heavy (non-hydrogen) atoms. The molecule has 0 saturated heterocycles. The van der Waals surface area contributed by atoms with Crippen LogP contribution in [-0.4, -0.2) is 19.6 Å². The summed E-state index contributed by atoms with van der Waals surface area (Å²) in [6, 6.07) is 2.93. The summed E-state index contributed by atoms with van der Waals surface area (Å²) in [4.78, 5) is 0. The van der Waals surface area contributed by atoms with E-state index in [2.05, 4.69) is 15.5 Å². The van der Waals surface area contributed by atoms with Gasteiger partial charge in [-0.3, -0.25) is 9.36 Å². The molecule has 0 spiro atoms. The van der Waals surface area contributed by atoms with Crippen LogP contribution in [0.25, 0.3) is 0 Å². The van der Waals surface area contributed by atoms with Gasteiger partial charge in [-0.2, -0.15) is 23.4 Å². The third-order valence-corrected chi connectivity index (χ3v) is 2.94. The molecule has 5 nitrogen and oxygen atoms in total. The summed E-state index contributed by atoms with van der Waals surface area (Å²) in [7, 11) is 1.29. The summed E-state index contributed by atoms with van der Waals surface area (Å²) in [6.07, 6.45) is -2.68. The van der Waals surface area contributed by atoms with Crippen LogP contribution in [0, 0.1) is 0 Å². The Morgan fingerprint density at radius 2 is 2.00 bits per heavy atom. The molecule has 0 fully saturated rings. The largest absolute Gasteiger partial charge is 0.433 e. The molecule has 2 aromatic heterocycles. The van der Waals surface area contributed by atoms with E-state index in [1.807, 2.05) is 17.7 Å². The average Bonchev–Trinajstić information content (AvgIpc) is 2.95. The molecule has 0 aliphatic carbocycles. The van der Waals surface area contributed by atoms with Crippen molar-refractivity contribution in [3.05, 3.63) is 35.4 Å². The fraction of sp³-hybridized carbons (Fsp3) is 0.500. The van der Waals surface area contributed by atoms with Gasteiger partial charge in [-0.1, -0.05) is 0 Å². The molecular formula is C12H17ClF3N5. The van der Waals surface area contributed by atoms with Crippen LogP contribution < -0.4 is 5.32 Å². The zero-order chi connectivity index (χ0) is 14.8. The van der Waals surface area contributed by atoms with Crippen molar-refractivity contribution >= 4 is 12.4 Å². The summed E-state index contributed by atoms with van der Waals surface area (Å²) in [5, 5.41) is 11.0. The Balaban J connectivity index is 0.00000220. The number of hydrogen-bond acceptors (Lipinski definition) is 3. The van der Waals surface area contributed by atoms with Gasteiger partial charge >= 0.3 is 6.18 Å². The fourth-order valence-electron chi connectivity index (χ4n) is 1.99. The van der Waals surface area contributed by atoms with E-state index < -0.39 is 11.9 Å². The van der Waals surface area contributed by atoms with Crippen LogP contribution >= 0.6 is 12.4 Å². The number of rotatable bonds is 5. The van der Waals surface area contributed by atoms with Crippen LogP contribution in [0.15, 0.2) is 18.3 Å². The Bertz CT molecular complexity index is 576. The molecule has 9 heteroatoms. The predicted molar refractivity (Wildman–Crippen MR) is 73.9 cm³/mol. The first-order chi connectivity index (χ1) is 9.41. The first kappa shape index (κ1) is 17.5. The molecular weight excluding hydrogens is 307 g/mol. The molecule has 0 aliphatic heterocycles. The van der Waals surface area contributed by atoms with Crippen LogP contribution in [0.2, 0.25) is 0 Å². The Labute approximate surface area is 126 Å². The number of halogens is 4. The van der Waals surface area contributed by atoms with Gasteiger partial charge < -0.3 is 5.32 Å². The number of nitrogens with zero attached hydrogens (tertiary/aromatic N) is 4. The highest BCUT2D eigenvalue weighted by molar-refractivity contribution is 5.85. The summed E-state index contributed by atoms with van der Waals surface area (Å²) >= 11 is 0. The second-order valence-electron chi connectivity index (χ2n) is 4.38. The maximum atomic E-state index is 12.6. The van der Waals surface area contributed by atoms with E-state index in [0.717, 1.165) is 23.0 Å². The molecule has 2 aromatic rings. The minimum Gasteiger partial charge on any atom is -0.305 e. The van der Waals surface area contributed by atoms with Gasteiger partial charge in [-0.25, -0.2) is 0 Å². The zero-order valence-corrected chi connectivity index (χ0v) is 12.5. The van der Waals surface area contributed by atoms with Crippen molar-refractivity contribution in [1.29, 1.82) is 0 Å². The van der Waals surface area contributed by atoms with Crippen molar-refractivity contribution in [3.8, 4) is 0 Å². The maximum Gasteiger partial charge on any atom is 0.433 e. The summed E-state index contributed by atoms with van der Waals surface area (Å²) in [5.74, 6) is 0. The van der Waals surface area contributed by atoms with Crippen molar-refractivity contribution in [2.75, 3.05) is 0 Å². The molecule has 0 radical (unpaired) electrons. The van der Waals surface area contributed by atoms with E-state index in [0.29, 0.717) is 12.2 Å². The van der Waals surface area contributed by atoms with Crippen LogP contribution in [-0.2, 0) is 32.9 Å².